The average molecular weight is 344 g/mol. The van der Waals surface area contributed by atoms with E-state index < -0.39 is 0 Å². The minimum Gasteiger partial charge on any atom is -0.486 e. The van der Waals surface area contributed by atoms with Gasteiger partial charge in [0.05, 0.1) is 0 Å². The van der Waals surface area contributed by atoms with E-state index in [9.17, 15) is 4.79 Å². The zero-order chi connectivity index (χ0) is 17.9. The Bertz CT molecular complexity index is 637. The minimum absolute atomic E-state index is 0.0239. The summed E-state index contributed by atoms with van der Waals surface area (Å²) in [5.41, 5.74) is 1.32. The Morgan fingerprint density at radius 3 is 2.48 bits per heavy atom. The lowest BCUT2D eigenvalue weighted by atomic mass is 10.0. The van der Waals surface area contributed by atoms with Crippen LogP contribution in [0, 0.1) is 6.92 Å². The molecular weight excluding hydrogens is 316 g/mol. The third-order valence-electron chi connectivity index (χ3n) is 4.18. The Labute approximate surface area is 149 Å². The van der Waals surface area contributed by atoms with Crippen LogP contribution in [-0.4, -0.2) is 32.6 Å². The number of ketones is 1. The summed E-state index contributed by atoms with van der Waals surface area (Å²) in [6.07, 6.45) is 8.94. The van der Waals surface area contributed by atoms with Crippen LogP contribution in [0.2, 0.25) is 0 Å². The number of Topliss-reactive ketones (excluding diaryl/α,β-unsaturated/α-hetero) is 1. The van der Waals surface area contributed by atoms with Crippen LogP contribution in [0.4, 0.5) is 0 Å². The largest absolute Gasteiger partial charge is 0.486 e. The lowest BCUT2D eigenvalue weighted by Crippen LogP contribution is -2.19. The van der Waals surface area contributed by atoms with Gasteiger partial charge >= 0.3 is 0 Å². The first-order chi connectivity index (χ1) is 12.2. The van der Waals surface area contributed by atoms with E-state index in [1.165, 1.54) is 48.8 Å². The zero-order valence-corrected chi connectivity index (χ0v) is 15.3. The van der Waals surface area contributed by atoms with Crippen molar-refractivity contribution >= 4 is 5.78 Å². The molecule has 0 aliphatic heterocycles. The topological polar surface area (TPSA) is 69.9 Å². The SMILES string of the molecule is CCCCCCCCc1ccc(OCC(=O)Cn2nnnc2C)cc1. The summed E-state index contributed by atoms with van der Waals surface area (Å²) in [4.78, 5) is 11.9. The summed E-state index contributed by atoms with van der Waals surface area (Å²) in [5.74, 6) is 1.27. The van der Waals surface area contributed by atoms with Gasteiger partial charge in [0.1, 0.15) is 24.7 Å². The molecule has 0 bridgehead atoms. The third-order valence-corrected chi connectivity index (χ3v) is 4.18. The second-order valence-electron chi connectivity index (χ2n) is 6.37. The maximum atomic E-state index is 11.9. The normalized spacial score (nSPS) is 10.8. The molecule has 2 rings (SSSR count). The molecule has 0 atom stereocenters. The number of rotatable bonds is 12. The molecule has 0 unspecified atom stereocenters. The van der Waals surface area contributed by atoms with E-state index in [1.54, 1.807) is 6.92 Å². The van der Waals surface area contributed by atoms with Crippen molar-refractivity contribution in [1.29, 1.82) is 0 Å². The van der Waals surface area contributed by atoms with E-state index in [4.69, 9.17) is 4.74 Å². The van der Waals surface area contributed by atoms with Crippen LogP contribution < -0.4 is 4.74 Å². The second kappa shape index (κ2) is 10.6. The van der Waals surface area contributed by atoms with E-state index in [-0.39, 0.29) is 18.9 Å². The molecule has 2 aromatic rings. The Morgan fingerprint density at radius 2 is 1.80 bits per heavy atom. The summed E-state index contributed by atoms with van der Waals surface area (Å²) in [7, 11) is 0. The smallest absolute Gasteiger partial charge is 0.191 e. The molecule has 1 heterocycles. The molecule has 0 aliphatic rings. The van der Waals surface area contributed by atoms with Crippen molar-refractivity contribution in [1.82, 2.24) is 20.2 Å². The number of hydrogen-bond donors (Lipinski definition) is 0. The Balaban J connectivity index is 1.66. The number of ether oxygens (including phenoxy) is 1. The lowest BCUT2D eigenvalue weighted by Gasteiger charge is -2.07. The molecular formula is C19H28N4O2. The monoisotopic (exact) mass is 344 g/mol. The molecule has 0 saturated carbocycles. The van der Waals surface area contributed by atoms with Crippen molar-refractivity contribution in [2.45, 2.75) is 65.3 Å². The number of tetrazole rings is 1. The van der Waals surface area contributed by atoms with Gasteiger partial charge in [-0.15, -0.1) is 5.10 Å². The highest BCUT2D eigenvalue weighted by Gasteiger charge is 2.08. The highest BCUT2D eigenvalue weighted by Crippen LogP contribution is 2.15. The quantitative estimate of drug-likeness (QED) is 0.551. The molecule has 1 aromatic heterocycles. The van der Waals surface area contributed by atoms with Gasteiger partial charge in [0.15, 0.2) is 5.78 Å². The van der Waals surface area contributed by atoms with Gasteiger partial charge in [-0.25, -0.2) is 4.68 Å². The fraction of sp³-hybridized carbons (Fsp3) is 0.579. The van der Waals surface area contributed by atoms with Gasteiger partial charge < -0.3 is 4.74 Å². The predicted molar refractivity (Wildman–Crippen MR) is 96.6 cm³/mol. The van der Waals surface area contributed by atoms with Crippen molar-refractivity contribution in [3.8, 4) is 5.75 Å². The maximum absolute atomic E-state index is 11.9. The average Bonchev–Trinajstić information content (AvgIpc) is 3.02. The number of aryl methyl sites for hydroxylation is 2. The van der Waals surface area contributed by atoms with Crippen LogP contribution in [0.15, 0.2) is 24.3 Å². The molecule has 0 saturated heterocycles. The number of aromatic nitrogens is 4. The van der Waals surface area contributed by atoms with Crippen molar-refractivity contribution in [3.63, 3.8) is 0 Å². The minimum atomic E-state index is -0.0634. The third kappa shape index (κ3) is 7.03. The Hall–Kier alpha value is -2.24. The first-order valence-corrected chi connectivity index (χ1v) is 9.15. The summed E-state index contributed by atoms with van der Waals surface area (Å²) >= 11 is 0. The first-order valence-electron chi connectivity index (χ1n) is 9.15. The second-order valence-corrected chi connectivity index (χ2v) is 6.37. The van der Waals surface area contributed by atoms with Crippen LogP contribution in [0.25, 0.3) is 0 Å². The molecule has 0 radical (unpaired) electrons. The standard InChI is InChI=1S/C19H28N4O2/c1-3-4-5-6-7-8-9-17-10-12-19(13-11-17)25-15-18(24)14-23-16(2)20-21-22-23/h10-13H,3-9,14-15H2,1-2H3. The van der Waals surface area contributed by atoms with E-state index in [0.717, 1.165) is 6.42 Å². The molecule has 6 nitrogen and oxygen atoms in total. The van der Waals surface area contributed by atoms with Gasteiger partial charge in [0, 0.05) is 0 Å². The van der Waals surface area contributed by atoms with Crippen molar-refractivity contribution < 1.29 is 9.53 Å². The van der Waals surface area contributed by atoms with Gasteiger partial charge in [0.2, 0.25) is 0 Å². The number of nitrogens with zero attached hydrogens (tertiary/aromatic N) is 4. The number of benzene rings is 1. The summed E-state index contributed by atoms with van der Waals surface area (Å²) in [5, 5.41) is 11.0. The lowest BCUT2D eigenvalue weighted by molar-refractivity contribution is -0.121. The highest BCUT2D eigenvalue weighted by atomic mass is 16.5. The molecule has 136 valence electrons. The molecule has 0 spiro atoms. The Kier molecular flexibility index (Phi) is 8.09. The molecule has 0 N–H and O–H groups in total. The molecule has 1 aromatic carbocycles. The molecule has 0 amide bonds. The number of unbranched alkanes of at least 4 members (excludes halogenated alkanes) is 5. The number of carbonyl (C=O) groups excluding carboxylic acids is 1. The van der Waals surface area contributed by atoms with Crippen LogP contribution in [0.5, 0.6) is 5.75 Å². The van der Waals surface area contributed by atoms with Gasteiger partial charge in [-0.1, -0.05) is 51.2 Å². The van der Waals surface area contributed by atoms with Crippen molar-refractivity contribution in [2.24, 2.45) is 0 Å². The number of carbonyl (C=O) groups is 1. The van der Waals surface area contributed by atoms with Crippen LogP contribution >= 0.6 is 0 Å². The molecule has 25 heavy (non-hydrogen) atoms. The fourth-order valence-electron chi connectivity index (χ4n) is 2.63. The maximum Gasteiger partial charge on any atom is 0.191 e. The fourth-order valence-corrected chi connectivity index (χ4v) is 2.63. The van der Waals surface area contributed by atoms with E-state index in [2.05, 4.69) is 34.6 Å². The van der Waals surface area contributed by atoms with Crippen LogP contribution in [0.1, 0.15) is 56.8 Å². The molecule has 0 fully saturated rings. The zero-order valence-electron chi connectivity index (χ0n) is 15.3. The molecule has 6 heteroatoms. The van der Waals surface area contributed by atoms with Crippen molar-refractivity contribution in [2.75, 3.05) is 6.61 Å². The predicted octanol–water partition coefficient (Wildman–Crippen LogP) is 3.53. The highest BCUT2D eigenvalue weighted by molar-refractivity contribution is 5.79. The molecule has 0 aliphatic carbocycles. The first kappa shape index (κ1) is 19.1. The Morgan fingerprint density at radius 1 is 1.08 bits per heavy atom. The van der Waals surface area contributed by atoms with Gasteiger partial charge in [0.25, 0.3) is 0 Å². The van der Waals surface area contributed by atoms with Gasteiger partial charge in [-0.05, 0) is 47.9 Å². The van der Waals surface area contributed by atoms with E-state index >= 15 is 0 Å². The van der Waals surface area contributed by atoms with Gasteiger partial charge in [-0.2, -0.15) is 0 Å². The van der Waals surface area contributed by atoms with Crippen LogP contribution in [-0.2, 0) is 17.8 Å². The van der Waals surface area contributed by atoms with Gasteiger partial charge in [-0.3, -0.25) is 4.79 Å². The van der Waals surface area contributed by atoms with E-state index in [1.807, 2.05) is 12.1 Å². The van der Waals surface area contributed by atoms with E-state index in [0.29, 0.717) is 11.6 Å². The van der Waals surface area contributed by atoms with Crippen LogP contribution in [0.3, 0.4) is 0 Å². The van der Waals surface area contributed by atoms with Crippen molar-refractivity contribution in [3.05, 3.63) is 35.7 Å². The summed E-state index contributed by atoms with van der Waals surface area (Å²) in [6, 6.07) is 8.03. The summed E-state index contributed by atoms with van der Waals surface area (Å²) < 4.78 is 7.02. The summed E-state index contributed by atoms with van der Waals surface area (Å²) in [6.45, 7) is 4.16. The number of hydrogen-bond acceptors (Lipinski definition) is 5.